The van der Waals surface area contributed by atoms with Gasteiger partial charge in [-0.25, -0.2) is 0 Å². The Morgan fingerprint density at radius 2 is 1.65 bits per heavy atom. The van der Waals surface area contributed by atoms with Crippen molar-refractivity contribution in [3.63, 3.8) is 0 Å². The second-order valence-corrected chi connectivity index (χ2v) is 7.92. The molecule has 0 radical (unpaired) electrons. The SMILES string of the molecule is Cc1ccc2c(c1)C1=CC=CC3CC13c1cc(-c3ccccc3)ccc1-2. The first-order valence-electron chi connectivity index (χ1n) is 9.48. The van der Waals surface area contributed by atoms with Crippen LogP contribution in [0.25, 0.3) is 27.8 Å². The van der Waals surface area contributed by atoms with Crippen LogP contribution in [0.5, 0.6) is 0 Å². The average Bonchev–Trinajstić information content (AvgIpc) is 3.43. The molecule has 0 heteroatoms. The summed E-state index contributed by atoms with van der Waals surface area (Å²) in [7, 11) is 0. The summed E-state index contributed by atoms with van der Waals surface area (Å²) < 4.78 is 0. The maximum Gasteiger partial charge on any atom is 0.0284 e. The average molecular weight is 332 g/mol. The molecule has 3 aromatic rings. The monoisotopic (exact) mass is 332 g/mol. The molecule has 26 heavy (non-hydrogen) atoms. The lowest BCUT2D eigenvalue weighted by atomic mass is 9.69. The van der Waals surface area contributed by atoms with Crippen LogP contribution in [0.15, 0.2) is 85.0 Å². The molecule has 124 valence electrons. The molecule has 0 bridgehead atoms. The van der Waals surface area contributed by atoms with Crippen molar-refractivity contribution < 1.29 is 0 Å². The smallest absolute Gasteiger partial charge is 0.0284 e. The van der Waals surface area contributed by atoms with E-state index in [0.29, 0.717) is 5.92 Å². The first kappa shape index (κ1) is 14.3. The quantitative estimate of drug-likeness (QED) is 0.474. The Bertz CT molecular complexity index is 1110. The highest BCUT2D eigenvalue weighted by Crippen LogP contribution is 2.68. The Balaban J connectivity index is 1.65. The molecule has 0 heterocycles. The van der Waals surface area contributed by atoms with Crippen molar-refractivity contribution in [3.8, 4) is 22.3 Å². The van der Waals surface area contributed by atoms with Crippen molar-refractivity contribution in [2.45, 2.75) is 18.8 Å². The highest BCUT2D eigenvalue weighted by atomic mass is 14.6. The second kappa shape index (κ2) is 4.86. The summed E-state index contributed by atoms with van der Waals surface area (Å²) >= 11 is 0. The maximum absolute atomic E-state index is 2.46. The van der Waals surface area contributed by atoms with Crippen molar-refractivity contribution in [1.29, 1.82) is 0 Å². The summed E-state index contributed by atoms with van der Waals surface area (Å²) in [6.45, 7) is 2.20. The molecule has 0 nitrogen and oxygen atoms in total. The third-order valence-electron chi connectivity index (χ3n) is 6.46. The van der Waals surface area contributed by atoms with Gasteiger partial charge in [-0.05, 0) is 64.3 Å². The molecule has 6 rings (SSSR count). The van der Waals surface area contributed by atoms with Gasteiger partial charge in [-0.1, -0.05) is 84.5 Å². The number of allylic oxidation sites excluding steroid dienone is 4. The topological polar surface area (TPSA) is 0 Å². The third-order valence-corrected chi connectivity index (χ3v) is 6.46. The van der Waals surface area contributed by atoms with E-state index in [2.05, 4.69) is 91.9 Å². The van der Waals surface area contributed by atoms with E-state index in [4.69, 9.17) is 0 Å². The van der Waals surface area contributed by atoms with E-state index in [9.17, 15) is 0 Å². The summed E-state index contributed by atoms with van der Waals surface area (Å²) in [5.41, 5.74) is 11.5. The molecular formula is C26H20. The molecule has 3 aliphatic carbocycles. The number of benzene rings is 3. The number of fused-ring (bicyclic) bond motifs is 4. The fourth-order valence-electron chi connectivity index (χ4n) is 5.12. The van der Waals surface area contributed by atoms with Gasteiger partial charge >= 0.3 is 0 Å². The molecule has 0 N–H and O–H groups in total. The van der Waals surface area contributed by atoms with E-state index in [1.807, 2.05) is 0 Å². The zero-order valence-corrected chi connectivity index (χ0v) is 14.9. The predicted molar refractivity (Wildman–Crippen MR) is 109 cm³/mol. The molecule has 0 aromatic heterocycles. The van der Waals surface area contributed by atoms with Gasteiger partial charge in [0.25, 0.3) is 0 Å². The third kappa shape index (κ3) is 1.74. The van der Waals surface area contributed by atoms with E-state index < -0.39 is 0 Å². The van der Waals surface area contributed by atoms with Crippen LogP contribution in [0.2, 0.25) is 0 Å². The first-order valence-corrected chi connectivity index (χ1v) is 9.48. The van der Waals surface area contributed by atoms with Crippen LogP contribution in [0.4, 0.5) is 0 Å². The van der Waals surface area contributed by atoms with Gasteiger partial charge in [0, 0.05) is 5.41 Å². The fraction of sp³-hybridized carbons (Fsp3) is 0.154. The Morgan fingerprint density at radius 1 is 0.808 bits per heavy atom. The van der Waals surface area contributed by atoms with Gasteiger partial charge in [0.1, 0.15) is 0 Å². The van der Waals surface area contributed by atoms with E-state index in [1.165, 1.54) is 50.9 Å². The number of aryl methyl sites for hydroxylation is 1. The van der Waals surface area contributed by atoms with Gasteiger partial charge in [0.05, 0.1) is 0 Å². The minimum absolute atomic E-state index is 0.204. The van der Waals surface area contributed by atoms with Gasteiger partial charge in [0.2, 0.25) is 0 Å². The van der Waals surface area contributed by atoms with Gasteiger partial charge in [-0.15, -0.1) is 0 Å². The van der Waals surface area contributed by atoms with Crippen LogP contribution < -0.4 is 0 Å². The summed E-state index contributed by atoms with van der Waals surface area (Å²) in [6.07, 6.45) is 8.28. The van der Waals surface area contributed by atoms with Crippen molar-refractivity contribution in [2.24, 2.45) is 5.92 Å². The number of rotatable bonds is 1. The lowest BCUT2D eigenvalue weighted by Gasteiger charge is -2.33. The summed E-state index contributed by atoms with van der Waals surface area (Å²) in [5, 5.41) is 0. The van der Waals surface area contributed by atoms with Crippen LogP contribution in [-0.4, -0.2) is 0 Å². The Labute approximate surface area is 154 Å². The van der Waals surface area contributed by atoms with Gasteiger partial charge < -0.3 is 0 Å². The van der Waals surface area contributed by atoms with Crippen LogP contribution in [-0.2, 0) is 5.41 Å². The van der Waals surface area contributed by atoms with E-state index in [0.717, 1.165) is 0 Å². The normalized spacial score (nSPS) is 24.0. The molecule has 0 amide bonds. The molecule has 0 aliphatic heterocycles. The summed E-state index contributed by atoms with van der Waals surface area (Å²) in [4.78, 5) is 0. The van der Waals surface area contributed by atoms with Crippen LogP contribution in [0.1, 0.15) is 23.1 Å². The predicted octanol–water partition coefficient (Wildman–Crippen LogP) is 6.55. The van der Waals surface area contributed by atoms with Crippen molar-refractivity contribution in [2.75, 3.05) is 0 Å². The Kier molecular flexibility index (Phi) is 2.68. The molecule has 1 spiro atoms. The standard InChI is InChI=1S/C26H20/c1-17-10-12-21-22-13-11-19(18-6-3-2-4-7-18)15-25(22)26-16-20(26)8-5-9-24(26)23(21)14-17/h2-15,20H,16H2,1H3. The largest absolute Gasteiger partial charge is 0.0801 e. The maximum atomic E-state index is 2.46. The molecular weight excluding hydrogens is 312 g/mol. The number of hydrogen-bond donors (Lipinski definition) is 0. The van der Waals surface area contributed by atoms with E-state index in [-0.39, 0.29) is 5.41 Å². The Morgan fingerprint density at radius 3 is 2.54 bits per heavy atom. The molecule has 3 aliphatic rings. The van der Waals surface area contributed by atoms with Crippen molar-refractivity contribution in [1.82, 2.24) is 0 Å². The minimum Gasteiger partial charge on any atom is -0.0801 e. The highest BCUT2D eigenvalue weighted by molar-refractivity contribution is 5.97. The summed E-state index contributed by atoms with van der Waals surface area (Å²) in [6, 6.07) is 24.8. The molecule has 2 unspecified atom stereocenters. The van der Waals surface area contributed by atoms with Crippen LogP contribution in [0, 0.1) is 12.8 Å². The molecule has 0 saturated heterocycles. The zero-order chi connectivity index (χ0) is 17.3. The lowest BCUT2D eigenvalue weighted by Crippen LogP contribution is -2.20. The molecule has 1 fully saturated rings. The molecule has 2 atom stereocenters. The van der Waals surface area contributed by atoms with Crippen molar-refractivity contribution >= 4 is 5.57 Å². The highest BCUT2D eigenvalue weighted by Gasteiger charge is 2.60. The molecule has 3 aromatic carbocycles. The van der Waals surface area contributed by atoms with Gasteiger partial charge in [-0.2, -0.15) is 0 Å². The zero-order valence-electron chi connectivity index (χ0n) is 14.9. The lowest BCUT2D eigenvalue weighted by molar-refractivity contribution is 0.834. The van der Waals surface area contributed by atoms with E-state index >= 15 is 0 Å². The summed E-state index contributed by atoms with van der Waals surface area (Å²) in [5.74, 6) is 0.654. The Hall–Kier alpha value is -2.86. The van der Waals surface area contributed by atoms with Gasteiger partial charge in [-0.3, -0.25) is 0 Å². The molecule has 1 saturated carbocycles. The van der Waals surface area contributed by atoms with Crippen LogP contribution >= 0.6 is 0 Å². The van der Waals surface area contributed by atoms with Crippen molar-refractivity contribution in [3.05, 3.63) is 102 Å². The second-order valence-electron chi connectivity index (χ2n) is 7.92. The van der Waals surface area contributed by atoms with E-state index in [1.54, 1.807) is 0 Å². The number of hydrogen-bond acceptors (Lipinski definition) is 0. The first-order chi connectivity index (χ1) is 12.8. The van der Waals surface area contributed by atoms with Crippen LogP contribution in [0.3, 0.4) is 0 Å². The minimum atomic E-state index is 0.204. The van der Waals surface area contributed by atoms with Gasteiger partial charge in [0.15, 0.2) is 0 Å². The fourth-order valence-corrected chi connectivity index (χ4v) is 5.12.